The van der Waals surface area contributed by atoms with Crippen molar-refractivity contribution in [3.63, 3.8) is 0 Å². The fourth-order valence-corrected chi connectivity index (χ4v) is 3.82. The molecule has 0 saturated carbocycles. The van der Waals surface area contributed by atoms with Crippen molar-refractivity contribution in [2.75, 3.05) is 11.1 Å². The molecule has 0 atom stereocenters. The molecule has 1 amide bonds. The minimum atomic E-state index is -0.238. The summed E-state index contributed by atoms with van der Waals surface area (Å²) in [6, 6.07) is 15.0. The number of anilines is 2. The Morgan fingerprint density at radius 2 is 1.77 bits per heavy atom. The fraction of sp³-hybridized carbons (Fsp3) is 0. The number of pyridine rings is 2. The first kappa shape index (κ1) is 16.7. The first-order valence-electron chi connectivity index (χ1n) is 7.78. The van der Waals surface area contributed by atoms with Crippen molar-refractivity contribution in [2.24, 2.45) is 0 Å². The summed E-state index contributed by atoms with van der Waals surface area (Å²) in [5.41, 5.74) is 9.15. The third-order valence-electron chi connectivity index (χ3n) is 3.88. The van der Waals surface area contributed by atoms with E-state index in [4.69, 9.17) is 5.73 Å². The van der Waals surface area contributed by atoms with E-state index in [9.17, 15) is 4.79 Å². The van der Waals surface area contributed by atoms with Crippen LogP contribution in [-0.4, -0.2) is 15.9 Å². The van der Waals surface area contributed by atoms with Gasteiger partial charge in [-0.2, -0.15) is 0 Å². The number of aromatic nitrogens is 2. The largest absolute Gasteiger partial charge is 0.397 e. The quantitative estimate of drug-likeness (QED) is 0.487. The first-order valence-corrected chi connectivity index (χ1v) is 9.39. The Morgan fingerprint density at radius 3 is 2.50 bits per heavy atom. The Kier molecular flexibility index (Phi) is 4.40. The summed E-state index contributed by atoms with van der Waals surface area (Å²) < 4.78 is 0.949. The normalized spacial score (nSPS) is 10.8. The number of nitrogens with two attached hydrogens (primary N) is 1. The second kappa shape index (κ2) is 6.86. The minimum absolute atomic E-state index is 0.238. The third-order valence-corrected chi connectivity index (χ3v) is 5.52. The van der Waals surface area contributed by atoms with Gasteiger partial charge in [0.2, 0.25) is 0 Å². The molecule has 3 N–H and O–H groups in total. The SMILES string of the molecule is Nc1c(C(=O)Nc2ccc(Br)cc2)sc2nc(-c3ccncc3)ccc12. The number of hydrogen-bond donors (Lipinski definition) is 2. The maximum atomic E-state index is 12.6. The number of carbonyl (C=O) groups is 1. The van der Waals surface area contributed by atoms with Crippen LogP contribution in [0.1, 0.15) is 9.67 Å². The summed E-state index contributed by atoms with van der Waals surface area (Å²) in [4.78, 5) is 22.5. The Bertz CT molecular complexity index is 1090. The molecule has 4 aromatic rings. The first-order chi connectivity index (χ1) is 12.6. The van der Waals surface area contributed by atoms with Gasteiger partial charge in [0.15, 0.2) is 0 Å². The van der Waals surface area contributed by atoms with E-state index in [0.29, 0.717) is 16.3 Å². The van der Waals surface area contributed by atoms with Gasteiger partial charge in [-0.25, -0.2) is 4.98 Å². The average Bonchev–Trinajstić information content (AvgIpc) is 3.00. The highest BCUT2D eigenvalue weighted by Crippen LogP contribution is 2.34. The van der Waals surface area contributed by atoms with Crippen molar-refractivity contribution in [1.29, 1.82) is 0 Å². The van der Waals surface area contributed by atoms with Crippen molar-refractivity contribution in [3.8, 4) is 11.3 Å². The van der Waals surface area contributed by atoms with Gasteiger partial charge < -0.3 is 11.1 Å². The number of carbonyl (C=O) groups excluding carboxylic acids is 1. The van der Waals surface area contributed by atoms with Gasteiger partial charge in [-0.05, 0) is 48.5 Å². The smallest absolute Gasteiger partial charge is 0.267 e. The van der Waals surface area contributed by atoms with Crippen LogP contribution < -0.4 is 11.1 Å². The molecule has 5 nitrogen and oxygen atoms in total. The Hall–Kier alpha value is -2.77. The summed E-state index contributed by atoms with van der Waals surface area (Å²) in [5.74, 6) is -0.238. The lowest BCUT2D eigenvalue weighted by Gasteiger charge is -2.04. The predicted octanol–water partition coefficient (Wildman–Crippen LogP) is 4.96. The van der Waals surface area contributed by atoms with Gasteiger partial charge in [0.1, 0.15) is 9.71 Å². The van der Waals surface area contributed by atoms with Gasteiger partial charge in [0.05, 0.1) is 11.4 Å². The van der Waals surface area contributed by atoms with Crippen LogP contribution in [0, 0.1) is 0 Å². The second-order valence-electron chi connectivity index (χ2n) is 5.59. The maximum Gasteiger partial charge on any atom is 0.267 e. The lowest BCUT2D eigenvalue weighted by Crippen LogP contribution is -2.11. The van der Waals surface area contributed by atoms with Gasteiger partial charge in [0.25, 0.3) is 5.91 Å². The predicted molar refractivity (Wildman–Crippen MR) is 109 cm³/mol. The molecule has 0 aliphatic carbocycles. The molecule has 0 bridgehead atoms. The van der Waals surface area contributed by atoms with E-state index in [1.54, 1.807) is 12.4 Å². The maximum absolute atomic E-state index is 12.6. The molecule has 0 fully saturated rings. The summed E-state index contributed by atoms with van der Waals surface area (Å²) in [6.07, 6.45) is 3.45. The zero-order chi connectivity index (χ0) is 18.1. The molecule has 26 heavy (non-hydrogen) atoms. The molecule has 3 heterocycles. The molecule has 1 aromatic carbocycles. The number of nitrogens with zero attached hydrogens (tertiary/aromatic N) is 2. The average molecular weight is 425 g/mol. The van der Waals surface area contributed by atoms with Crippen molar-refractivity contribution in [3.05, 3.63) is 70.3 Å². The highest BCUT2D eigenvalue weighted by Gasteiger charge is 2.18. The molecule has 0 spiro atoms. The van der Waals surface area contributed by atoms with E-state index in [1.165, 1.54) is 11.3 Å². The second-order valence-corrected chi connectivity index (χ2v) is 7.51. The van der Waals surface area contributed by atoms with Gasteiger partial charge in [-0.3, -0.25) is 9.78 Å². The molecular weight excluding hydrogens is 412 g/mol. The van der Waals surface area contributed by atoms with Gasteiger partial charge >= 0.3 is 0 Å². The van der Waals surface area contributed by atoms with Gasteiger partial charge in [-0.15, -0.1) is 11.3 Å². The number of amides is 1. The Morgan fingerprint density at radius 1 is 1.04 bits per heavy atom. The van der Waals surface area contributed by atoms with Crippen molar-refractivity contribution in [2.45, 2.75) is 0 Å². The number of rotatable bonds is 3. The monoisotopic (exact) mass is 424 g/mol. The number of nitrogens with one attached hydrogen (secondary N) is 1. The summed E-state index contributed by atoms with van der Waals surface area (Å²) in [6.45, 7) is 0. The number of halogens is 1. The molecule has 128 valence electrons. The van der Waals surface area contributed by atoms with Gasteiger partial charge in [-0.1, -0.05) is 15.9 Å². The molecule has 0 saturated heterocycles. The molecule has 3 aromatic heterocycles. The summed E-state index contributed by atoms with van der Waals surface area (Å²) in [7, 11) is 0. The molecule has 4 rings (SSSR count). The van der Waals surface area contributed by atoms with Crippen LogP contribution in [-0.2, 0) is 0 Å². The number of nitrogen functional groups attached to an aromatic ring is 1. The van der Waals surface area contributed by atoms with E-state index in [2.05, 4.69) is 31.2 Å². The highest BCUT2D eigenvalue weighted by molar-refractivity contribution is 9.10. The number of fused-ring (bicyclic) bond motifs is 1. The Labute approximate surface area is 162 Å². The number of hydrogen-bond acceptors (Lipinski definition) is 5. The van der Waals surface area contributed by atoms with Gasteiger partial charge in [0, 0.05) is 33.5 Å². The lowest BCUT2D eigenvalue weighted by molar-refractivity contribution is 0.103. The zero-order valence-electron chi connectivity index (χ0n) is 13.4. The van der Waals surface area contributed by atoms with Crippen LogP contribution in [0.2, 0.25) is 0 Å². The molecule has 0 unspecified atom stereocenters. The zero-order valence-corrected chi connectivity index (χ0v) is 15.8. The van der Waals surface area contributed by atoms with Crippen LogP contribution in [0.25, 0.3) is 21.5 Å². The van der Waals surface area contributed by atoms with Crippen LogP contribution in [0.4, 0.5) is 11.4 Å². The van der Waals surface area contributed by atoms with Crippen LogP contribution in [0.3, 0.4) is 0 Å². The molecule has 0 radical (unpaired) electrons. The molecular formula is C19H13BrN4OS. The van der Waals surface area contributed by atoms with Crippen LogP contribution >= 0.6 is 27.3 Å². The van der Waals surface area contributed by atoms with E-state index in [0.717, 1.165) is 25.9 Å². The molecule has 0 aliphatic rings. The van der Waals surface area contributed by atoms with Crippen molar-refractivity contribution < 1.29 is 4.79 Å². The van der Waals surface area contributed by atoms with Crippen LogP contribution in [0.5, 0.6) is 0 Å². The van der Waals surface area contributed by atoms with E-state index in [-0.39, 0.29) is 5.91 Å². The minimum Gasteiger partial charge on any atom is -0.397 e. The topological polar surface area (TPSA) is 80.9 Å². The summed E-state index contributed by atoms with van der Waals surface area (Å²) >= 11 is 4.66. The van der Waals surface area contributed by atoms with E-state index < -0.39 is 0 Å². The Balaban J connectivity index is 1.68. The molecule has 7 heteroatoms. The van der Waals surface area contributed by atoms with Crippen molar-refractivity contribution >= 4 is 54.8 Å². The summed E-state index contributed by atoms with van der Waals surface area (Å²) in [5, 5.41) is 3.65. The van der Waals surface area contributed by atoms with E-state index in [1.807, 2.05) is 48.5 Å². The van der Waals surface area contributed by atoms with Crippen LogP contribution in [0.15, 0.2) is 65.4 Å². The lowest BCUT2D eigenvalue weighted by atomic mass is 10.1. The standard InChI is InChI=1S/C19H13BrN4OS/c20-12-1-3-13(4-2-12)23-18(25)17-16(21)14-5-6-15(24-19(14)26-17)11-7-9-22-10-8-11/h1-10H,21H2,(H,23,25). The number of thiophene rings is 1. The van der Waals surface area contributed by atoms with E-state index >= 15 is 0 Å². The third kappa shape index (κ3) is 3.18. The number of benzene rings is 1. The fourth-order valence-electron chi connectivity index (χ4n) is 2.57. The molecule has 0 aliphatic heterocycles. The highest BCUT2D eigenvalue weighted by atomic mass is 79.9. The van der Waals surface area contributed by atoms with Crippen molar-refractivity contribution in [1.82, 2.24) is 9.97 Å².